The Morgan fingerprint density at radius 3 is 2.36 bits per heavy atom. The lowest BCUT2D eigenvalue weighted by atomic mass is 9.42. The normalized spacial score (nSPS) is 58.3. The molecule has 4 aliphatic carbocycles. The van der Waals surface area contributed by atoms with Crippen molar-refractivity contribution in [3.63, 3.8) is 0 Å². The van der Waals surface area contributed by atoms with Crippen molar-refractivity contribution in [1.29, 1.82) is 0 Å². The summed E-state index contributed by atoms with van der Waals surface area (Å²) in [7, 11) is 1.93. The van der Waals surface area contributed by atoms with Gasteiger partial charge >= 0.3 is 0 Å². The van der Waals surface area contributed by atoms with E-state index < -0.39 is 5.60 Å². The van der Waals surface area contributed by atoms with E-state index in [2.05, 4.69) is 27.7 Å². The Bertz CT molecular complexity index is 514. The summed E-state index contributed by atoms with van der Waals surface area (Å²) < 4.78 is 5.96. The first-order chi connectivity index (χ1) is 11.7. The SMILES string of the molecule is CC[C@@H]1C[C@H]2C[C@](C)(O)CC[C@]2(C)[C@H]2CC[C@]3(C)[C@@H](OC)CC[C@H]3[C@H]12. The molecule has 0 aliphatic heterocycles. The predicted octanol–water partition coefficient (Wildman–Crippen LogP) is 5.43. The van der Waals surface area contributed by atoms with Crippen molar-refractivity contribution >= 4 is 0 Å². The van der Waals surface area contributed by atoms with Gasteiger partial charge in [-0.05, 0) is 98.7 Å². The lowest BCUT2D eigenvalue weighted by molar-refractivity contribution is -0.173. The molecule has 4 aliphatic rings. The second kappa shape index (κ2) is 5.96. The zero-order chi connectivity index (χ0) is 18.0. The lowest BCUT2D eigenvalue weighted by Gasteiger charge is -2.64. The molecule has 9 atom stereocenters. The minimum Gasteiger partial charge on any atom is -0.390 e. The summed E-state index contributed by atoms with van der Waals surface area (Å²) in [6.45, 7) is 9.64. The summed E-state index contributed by atoms with van der Waals surface area (Å²) in [4.78, 5) is 0. The molecule has 0 heterocycles. The third kappa shape index (κ3) is 2.57. The molecule has 2 nitrogen and oxygen atoms in total. The first-order valence-electron chi connectivity index (χ1n) is 11.0. The fraction of sp³-hybridized carbons (Fsp3) is 1.00. The van der Waals surface area contributed by atoms with E-state index in [0.29, 0.717) is 16.9 Å². The highest BCUT2D eigenvalue weighted by molar-refractivity contribution is 5.12. The first-order valence-corrected chi connectivity index (χ1v) is 11.0. The second-order valence-electron chi connectivity index (χ2n) is 10.9. The van der Waals surface area contributed by atoms with Crippen LogP contribution < -0.4 is 0 Å². The minimum absolute atomic E-state index is 0.409. The highest BCUT2D eigenvalue weighted by Crippen LogP contribution is 2.68. The van der Waals surface area contributed by atoms with Gasteiger partial charge in [0.25, 0.3) is 0 Å². The maximum Gasteiger partial charge on any atom is 0.0627 e. The Hall–Kier alpha value is -0.0800. The van der Waals surface area contributed by atoms with E-state index in [0.717, 1.165) is 42.4 Å². The molecule has 0 aromatic carbocycles. The molecule has 0 aromatic heterocycles. The van der Waals surface area contributed by atoms with Crippen LogP contribution in [0.3, 0.4) is 0 Å². The van der Waals surface area contributed by atoms with Crippen molar-refractivity contribution in [2.24, 2.45) is 40.4 Å². The van der Waals surface area contributed by atoms with Gasteiger partial charge in [0, 0.05) is 7.11 Å². The van der Waals surface area contributed by atoms with Crippen LogP contribution in [0.4, 0.5) is 0 Å². The van der Waals surface area contributed by atoms with E-state index in [1.165, 1.54) is 44.9 Å². The molecule has 1 N–H and O–H groups in total. The highest BCUT2D eigenvalue weighted by atomic mass is 16.5. The summed E-state index contributed by atoms with van der Waals surface area (Å²) in [6.07, 6.45) is 11.8. The topological polar surface area (TPSA) is 29.5 Å². The largest absolute Gasteiger partial charge is 0.390 e. The van der Waals surface area contributed by atoms with E-state index in [-0.39, 0.29) is 0 Å². The van der Waals surface area contributed by atoms with Crippen LogP contribution in [0.25, 0.3) is 0 Å². The average Bonchev–Trinajstić information content (AvgIpc) is 2.91. The van der Waals surface area contributed by atoms with E-state index >= 15 is 0 Å². The number of fused-ring (bicyclic) bond motifs is 5. The van der Waals surface area contributed by atoms with Gasteiger partial charge in [-0.15, -0.1) is 0 Å². The quantitative estimate of drug-likeness (QED) is 0.721. The molecule has 4 saturated carbocycles. The van der Waals surface area contributed by atoms with Crippen LogP contribution in [-0.4, -0.2) is 23.9 Å². The number of methoxy groups -OCH3 is 1. The minimum atomic E-state index is -0.424. The Kier molecular flexibility index (Phi) is 4.36. The molecular weight excluding hydrogens is 308 g/mol. The Morgan fingerprint density at radius 2 is 1.68 bits per heavy atom. The van der Waals surface area contributed by atoms with Crippen LogP contribution in [0, 0.1) is 40.4 Å². The summed E-state index contributed by atoms with van der Waals surface area (Å²) in [5.74, 6) is 4.22. The summed E-state index contributed by atoms with van der Waals surface area (Å²) in [5.41, 5.74) is 0.449. The van der Waals surface area contributed by atoms with Crippen LogP contribution in [0.1, 0.15) is 85.5 Å². The fourth-order valence-electron chi connectivity index (χ4n) is 8.37. The highest BCUT2D eigenvalue weighted by Gasteiger charge is 2.63. The smallest absolute Gasteiger partial charge is 0.0627 e. The van der Waals surface area contributed by atoms with Gasteiger partial charge in [-0.3, -0.25) is 0 Å². The van der Waals surface area contributed by atoms with Crippen LogP contribution >= 0.6 is 0 Å². The summed E-state index contributed by atoms with van der Waals surface area (Å²) in [5, 5.41) is 10.7. The fourth-order valence-corrected chi connectivity index (χ4v) is 8.37. The predicted molar refractivity (Wildman–Crippen MR) is 102 cm³/mol. The van der Waals surface area contributed by atoms with E-state index in [4.69, 9.17) is 4.74 Å². The second-order valence-corrected chi connectivity index (χ2v) is 10.9. The number of hydrogen-bond acceptors (Lipinski definition) is 2. The summed E-state index contributed by atoms with van der Waals surface area (Å²) in [6, 6.07) is 0. The zero-order valence-corrected chi connectivity index (χ0v) is 17.2. The van der Waals surface area contributed by atoms with Crippen LogP contribution in [-0.2, 0) is 4.74 Å². The zero-order valence-electron chi connectivity index (χ0n) is 17.2. The molecule has 0 radical (unpaired) electrons. The average molecular weight is 349 g/mol. The monoisotopic (exact) mass is 348 g/mol. The van der Waals surface area contributed by atoms with E-state index in [9.17, 15) is 5.11 Å². The Labute approximate surface area is 155 Å². The van der Waals surface area contributed by atoms with Crippen molar-refractivity contribution < 1.29 is 9.84 Å². The first kappa shape index (κ1) is 18.3. The molecule has 144 valence electrons. The molecule has 0 unspecified atom stereocenters. The van der Waals surface area contributed by atoms with Crippen molar-refractivity contribution in [2.45, 2.75) is 97.2 Å². The third-order valence-corrected chi connectivity index (χ3v) is 9.85. The van der Waals surface area contributed by atoms with Crippen molar-refractivity contribution in [2.75, 3.05) is 7.11 Å². The molecule has 0 bridgehead atoms. The van der Waals surface area contributed by atoms with E-state index in [1.807, 2.05) is 7.11 Å². The molecule has 0 spiro atoms. The number of rotatable bonds is 2. The molecule has 0 amide bonds. The molecule has 4 fully saturated rings. The van der Waals surface area contributed by atoms with Gasteiger partial charge in [0.1, 0.15) is 0 Å². The van der Waals surface area contributed by atoms with Crippen LogP contribution in [0.2, 0.25) is 0 Å². The summed E-state index contributed by atoms with van der Waals surface area (Å²) >= 11 is 0. The van der Waals surface area contributed by atoms with Crippen molar-refractivity contribution in [1.82, 2.24) is 0 Å². The molecule has 25 heavy (non-hydrogen) atoms. The maximum absolute atomic E-state index is 10.7. The van der Waals surface area contributed by atoms with Crippen molar-refractivity contribution in [3.8, 4) is 0 Å². The molecular formula is C23H40O2. The lowest BCUT2D eigenvalue weighted by Crippen LogP contribution is -2.58. The van der Waals surface area contributed by atoms with Gasteiger partial charge in [0.15, 0.2) is 0 Å². The number of aliphatic hydroxyl groups is 1. The van der Waals surface area contributed by atoms with Gasteiger partial charge in [-0.25, -0.2) is 0 Å². The van der Waals surface area contributed by atoms with Gasteiger partial charge in [-0.1, -0.05) is 27.2 Å². The van der Waals surface area contributed by atoms with Crippen LogP contribution in [0.15, 0.2) is 0 Å². The van der Waals surface area contributed by atoms with Gasteiger partial charge < -0.3 is 9.84 Å². The molecule has 4 rings (SSSR count). The number of ether oxygens (including phenoxy) is 1. The maximum atomic E-state index is 10.7. The Balaban J connectivity index is 1.68. The van der Waals surface area contributed by atoms with Gasteiger partial charge in [0.2, 0.25) is 0 Å². The molecule has 0 aromatic rings. The van der Waals surface area contributed by atoms with E-state index in [1.54, 1.807) is 0 Å². The van der Waals surface area contributed by atoms with Crippen molar-refractivity contribution in [3.05, 3.63) is 0 Å². The van der Waals surface area contributed by atoms with Crippen LogP contribution in [0.5, 0.6) is 0 Å². The van der Waals surface area contributed by atoms with Gasteiger partial charge in [-0.2, -0.15) is 0 Å². The third-order valence-electron chi connectivity index (χ3n) is 9.85. The molecule has 0 saturated heterocycles. The number of hydrogen-bond donors (Lipinski definition) is 1. The standard InChI is InChI=1S/C23H40O2/c1-6-15-13-16-14-21(2,24)11-12-22(16,3)18-9-10-23(4)17(20(15)18)7-8-19(23)25-5/h15-20,24H,6-14H2,1-5H3/t15-,16+,17+,18+,19+,20+,21-,22+,23+/m1/s1. The Morgan fingerprint density at radius 1 is 0.960 bits per heavy atom. The molecule has 2 heteroatoms. The van der Waals surface area contributed by atoms with Gasteiger partial charge in [0.05, 0.1) is 11.7 Å².